The zero-order valence-corrected chi connectivity index (χ0v) is 15.0. The quantitative estimate of drug-likeness (QED) is 0.895. The van der Waals surface area contributed by atoms with Crippen molar-refractivity contribution in [2.24, 2.45) is 0 Å². The average molecular weight is 356 g/mol. The molecule has 0 saturated carbocycles. The van der Waals surface area contributed by atoms with Gasteiger partial charge < -0.3 is 19.2 Å². The summed E-state index contributed by atoms with van der Waals surface area (Å²) >= 11 is 0. The molecule has 1 aromatic carbocycles. The summed E-state index contributed by atoms with van der Waals surface area (Å²) in [6.45, 7) is 3.80. The summed E-state index contributed by atoms with van der Waals surface area (Å²) in [6, 6.07) is 7.86. The van der Waals surface area contributed by atoms with E-state index in [0.29, 0.717) is 44.0 Å². The van der Waals surface area contributed by atoms with Crippen molar-refractivity contribution in [3.63, 3.8) is 0 Å². The van der Waals surface area contributed by atoms with Crippen LogP contribution in [0.3, 0.4) is 0 Å². The summed E-state index contributed by atoms with van der Waals surface area (Å²) in [5, 5.41) is 9.95. The number of aromatic nitrogens is 1. The van der Waals surface area contributed by atoms with E-state index in [9.17, 15) is 9.90 Å². The summed E-state index contributed by atoms with van der Waals surface area (Å²) in [5.74, 6) is 0.407. The lowest BCUT2D eigenvalue weighted by atomic mass is 9.83. The van der Waals surface area contributed by atoms with Gasteiger partial charge in [-0.2, -0.15) is 0 Å². The Balaban J connectivity index is 1.49. The Kier molecular flexibility index (Phi) is 4.54. The fraction of sp³-hybridized carbons (Fsp3) is 0.500. The number of benzene rings is 1. The molecular formula is C20H24N2O4. The smallest absolute Gasteiger partial charge is 0.276 e. The number of nitrogens with zero attached hydrogens (tertiary/aromatic N) is 2. The van der Waals surface area contributed by atoms with E-state index in [1.807, 2.05) is 36.1 Å². The predicted molar refractivity (Wildman–Crippen MR) is 95.7 cm³/mol. The summed E-state index contributed by atoms with van der Waals surface area (Å²) in [7, 11) is 0. The molecular weight excluding hydrogens is 332 g/mol. The zero-order valence-electron chi connectivity index (χ0n) is 15.0. The van der Waals surface area contributed by atoms with Gasteiger partial charge in [-0.25, -0.2) is 4.98 Å². The van der Waals surface area contributed by atoms with E-state index in [4.69, 9.17) is 9.15 Å². The molecule has 2 saturated heterocycles. The van der Waals surface area contributed by atoms with Crippen LogP contribution in [0.15, 0.2) is 35.1 Å². The molecule has 0 radical (unpaired) electrons. The Labute approximate surface area is 152 Å². The minimum atomic E-state index is -0.297. The highest BCUT2D eigenvalue weighted by Gasteiger charge is 2.41. The maximum atomic E-state index is 13.0. The molecule has 6 heteroatoms. The molecule has 2 fully saturated rings. The molecule has 3 heterocycles. The second-order valence-corrected chi connectivity index (χ2v) is 7.37. The van der Waals surface area contributed by atoms with Crippen LogP contribution in [-0.2, 0) is 4.74 Å². The Hall–Kier alpha value is -2.18. The van der Waals surface area contributed by atoms with Crippen LogP contribution in [0.25, 0.3) is 11.3 Å². The van der Waals surface area contributed by atoms with E-state index in [1.165, 1.54) is 6.39 Å². The minimum Gasteiger partial charge on any atom is -0.443 e. The normalized spacial score (nSPS) is 22.5. The van der Waals surface area contributed by atoms with Gasteiger partial charge in [-0.05, 0) is 32.3 Å². The molecule has 1 amide bonds. The van der Waals surface area contributed by atoms with Crippen molar-refractivity contribution < 1.29 is 19.1 Å². The lowest BCUT2D eigenvalue weighted by molar-refractivity contribution is -0.139. The van der Waals surface area contributed by atoms with Crippen LogP contribution in [0, 0.1) is 6.92 Å². The number of carbonyl (C=O) groups is 1. The highest BCUT2D eigenvalue weighted by Crippen LogP contribution is 2.36. The van der Waals surface area contributed by atoms with Crippen LogP contribution in [0.2, 0.25) is 0 Å². The molecule has 0 bridgehead atoms. The number of amides is 1. The number of likely N-dealkylation sites (tertiary alicyclic amines) is 1. The second-order valence-electron chi connectivity index (χ2n) is 7.37. The van der Waals surface area contributed by atoms with Gasteiger partial charge in [-0.3, -0.25) is 4.79 Å². The SMILES string of the molecule is Cc1cccc(-c2ocnc2C(=O)N2CCC3(CC2)CC(O)CCO3)c1. The second kappa shape index (κ2) is 6.85. The third kappa shape index (κ3) is 3.27. The number of ether oxygens (including phenoxy) is 1. The first-order valence-corrected chi connectivity index (χ1v) is 9.18. The topological polar surface area (TPSA) is 75.8 Å². The lowest BCUT2D eigenvalue weighted by Gasteiger charge is -2.45. The number of aryl methyl sites for hydroxylation is 1. The standard InChI is InChI=1S/C20H24N2O4/c1-14-3-2-4-15(11-14)18-17(21-13-25-18)19(24)22-8-6-20(7-9-22)12-16(23)5-10-26-20/h2-4,11,13,16,23H,5-10,12H2,1H3. The van der Waals surface area contributed by atoms with Crippen molar-refractivity contribution >= 4 is 5.91 Å². The number of piperidine rings is 1. The van der Waals surface area contributed by atoms with E-state index < -0.39 is 0 Å². The first-order chi connectivity index (χ1) is 12.6. The molecule has 4 rings (SSSR count). The van der Waals surface area contributed by atoms with Gasteiger partial charge in [0.2, 0.25) is 0 Å². The van der Waals surface area contributed by atoms with Gasteiger partial charge in [0.05, 0.1) is 11.7 Å². The molecule has 6 nitrogen and oxygen atoms in total. The number of rotatable bonds is 2. The van der Waals surface area contributed by atoms with E-state index in [2.05, 4.69) is 4.98 Å². The molecule has 2 aromatic rings. The number of oxazole rings is 1. The largest absolute Gasteiger partial charge is 0.443 e. The van der Waals surface area contributed by atoms with Gasteiger partial charge in [0.1, 0.15) is 0 Å². The van der Waals surface area contributed by atoms with Crippen molar-refractivity contribution in [2.75, 3.05) is 19.7 Å². The van der Waals surface area contributed by atoms with Crippen molar-refractivity contribution in [3.8, 4) is 11.3 Å². The molecule has 1 unspecified atom stereocenters. The Morgan fingerprint density at radius 3 is 2.88 bits per heavy atom. The summed E-state index contributed by atoms with van der Waals surface area (Å²) < 4.78 is 11.5. The molecule has 2 aliphatic rings. The monoisotopic (exact) mass is 356 g/mol. The Morgan fingerprint density at radius 1 is 1.35 bits per heavy atom. The Bertz CT molecular complexity index is 793. The summed E-state index contributed by atoms with van der Waals surface area (Å²) in [4.78, 5) is 19.0. The third-order valence-corrected chi connectivity index (χ3v) is 5.48. The van der Waals surface area contributed by atoms with Gasteiger partial charge >= 0.3 is 0 Å². The fourth-order valence-corrected chi connectivity index (χ4v) is 4.01. The van der Waals surface area contributed by atoms with Crippen LogP contribution in [0.4, 0.5) is 0 Å². The lowest BCUT2D eigenvalue weighted by Crippen LogP contribution is -2.51. The summed E-state index contributed by atoms with van der Waals surface area (Å²) in [6.07, 6.45) is 3.88. The molecule has 26 heavy (non-hydrogen) atoms. The zero-order chi connectivity index (χ0) is 18.1. The number of aliphatic hydroxyl groups is 1. The first-order valence-electron chi connectivity index (χ1n) is 9.18. The number of hydrogen-bond donors (Lipinski definition) is 1. The Morgan fingerprint density at radius 2 is 2.15 bits per heavy atom. The molecule has 1 atom stereocenters. The maximum Gasteiger partial charge on any atom is 0.276 e. The van der Waals surface area contributed by atoms with Gasteiger partial charge in [-0.1, -0.05) is 23.8 Å². The maximum absolute atomic E-state index is 13.0. The van der Waals surface area contributed by atoms with Crippen LogP contribution < -0.4 is 0 Å². The van der Waals surface area contributed by atoms with Crippen LogP contribution in [0.1, 0.15) is 41.7 Å². The van der Waals surface area contributed by atoms with Gasteiger partial charge in [-0.15, -0.1) is 0 Å². The van der Waals surface area contributed by atoms with Crippen molar-refractivity contribution in [1.29, 1.82) is 0 Å². The van der Waals surface area contributed by atoms with Crippen molar-refractivity contribution in [1.82, 2.24) is 9.88 Å². The van der Waals surface area contributed by atoms with E-state index in [-0.39, 0.29) is 17.6 Å². The number of aliphatic hydroxyl groups excluding tert-OH is 1. The molecule has 1 spiro atoms. The highest BCUT2D eigenvalue weighted by molar-refractivity contribution is 5.97. The summed E-state index contributed by atoms with van der Waals surface area (Å²) in [5.41, 5.74) is 2.04. The molecule has 1 N–H and O–H groups in total. The number of carbonyl (C=O) groups excluding carboxylic acids is 1. The van der Waals surface area contributed by atoms with E-state index >= 15 is 0 Å². The van der Waals surface area contributed by atoms with Crippen molar-refractivity contribution in [2.45, 2.75) is 44.3 Å². The fourth-order valence-electron chi connectivity index (χ4n) is 4.01. The van der Waals surface area contributed by atoms with Crippen LogP contribution in [0.5, 0.6) is 0 Å². The molecule has 1 aromatic heterocycles. The highest BCUT2D eigenvalue weighted by atomic mass is 16.5. The van der Waals surface area contributed by atoms with Gasteiger partial charge in [0.15, 0.2) is 17.8 Å². The molecule has 2 aliphatic heterocycles. The third-order valence-electron chi connectivity index (χ3n) is 5.48. The van der Waals surface area contributed by atoms with Crippen LogP contribution in [-0.4, -0.2) is 52.3 Å². The van der Waals surface area contributed by atoms with Crippen LogP contribution >= 0.6 is 0 Å². The van der Waals surface area contributed by atoms with E-state index in [0.717, 1.165) is 24.0 Å². The van der Waals surface area contributed by atoms with Gasteiger partial charge in [0, 0.05) is 31.7 Å². The molecule has 138 valence electrons. The molecule has 0 aliphatic carbocycles. The van der Waals surface area contributed by atoms with E-state index in [1.54, 1.807) is 0 Å². The predicted octanol–water partition coefficient (Wildman–Crippen LogP) is 2.80. The first kappa shape index (κ1) is 17.2. The average Bonchev–Trinajstić information content (AvgIpc) is 3.11. The van der Waals surface area contributed by atoms with Gasteiger partial charge in [0.25, 0.3) is 5.91 Å². The minimum absolute atomic E-state index is 0.110. The van der Waals surface area contributed by atoms with Crippen molar-refractivity contribution in [3.05, 3.63) is 41.9 Å². The number of hydrogen-bond acceptors (Lipinski definition) is 5.